The third-order valence-corrected chi connectivity index (χ3v) is 3.31. The zero-order chi connectivity index (χ0) is 19.6. The van der Waals surface area contributed by atoms with Crippen molar-refractivity contribution in [3.8, 4) is 0 Å². The van der Waals surface area contributed by atoms with Crippen molar-refractivity contribution in [3.05, 3.63) is 40.4 Å². The summed E-state index contributed by atoms with van der Waals surface area (Å²) >= 11 is 3.36. The third kappa shape index (κ3) is 10.5. The third-order valence-electron chi connectivity index (χ3n) is 2.81. The van der Waals surface area contributed by atoms with E-state index in [4.69, 9.17) is 4.74 Å². The number of halogens is 1. The highest BCUT2D eigenvalue weighted by Gasteiger charge is 2.16. The molecule has 1 aromatic rings. The summed E-state index contributed by atoms with van der Waals surface area (Å²) in [6.45, 7) is 5.55. The highest BCUT2D eigenvalue weighted by molar-refractivity contribution is 9.10. The van der Waals surface area contributed by atoms with Gasteiger partial charge in [-0.15, -0.1) is 0 Å². The summed E-state index contributed by atoms with van der Waals surface area (Å²) in [6, 6.07) is 7.55. The molecule has 0 aliphatic carbocycles. The summed E-state index contributed by atoms with van der Waals surface area (Å²) in [4.78, 5) is 34.7. The fraction of sp³-hybridized carbons (Fsp3) is 0.389. The summed E-state index contributed by atoms with van der Waals surface area (Å²) in [5, 5.41) is 7.59. The van der Waals surface area contributed by atoms with Crippen LogP contribution in [-0.4, -0.2) is 43.1 Å². The molecule has 8 heteroatoms. The fourth-order valence-corrected chi connectivity index (χ4v) is 2.17. The Labute approximate surface area is 161 Å². The van der Waals surface area contributed by atoms with Crippen LogP contribution >= 0.6 is 15.9 Å². The van der Waals surface area contributed by atoms with Crippen LogP contribution in [0.5, 0.6) is 0 Å². The van der Waals surface area contributed by atoms with Crippen LogP contribution in [-0.2, 0) is 14.3 Å². The average molecular weight is 426 g/mol. The Morgan fingerprint density at radius 3 is 2.46 bits per heavy atom. The summed E-state index contributed by atoms with van der Waals surface area (Å²) in [6.07, 6.45) is 2.47. The van der Waals surface area contributed by atoms with E-state index in [0.717, 1.165) is 10.0 Å². The predicted octanol–water partition coefficient (Wildman–Crippen LogP) is 2.22. The van der Waals surface area contributed by atoms with E-state index in [0.29, 0.717) is 0 Å². The molecule has 1 aromatic carbocycles. The summed E-state index contributed by atoms with van der Waals surface area (Å²) in [5.74, 6) is -0.624. The van der Waals surface area contributed by atoms with Gasteiger partial charge >= 0.3 is 6.09 Å². The molecule has 3 amide bonds. The first-order valence-corrected chi connectivity index (χ1v) is 8.90. The molecule has 3 N–H and O–H groups in total. The molecule has 26 heavy (non-hydrogen) atoms. The number of carbonyl (C=O) groups excluding carboxylic acids is 3. The van der Waals surface area contributed by atoms with Crippen LogP contribution < -0.4 is 16.0 Å². The van der Waals surface area contributed by atoms with Gasteiger partial charge in [0, 0.05) is 23.6 Å². The molecular formula is C18H24BrN3O4. The van der Waals surface area contributed by atoms with Crippen LogP contribution in [0.15, 0.2) is 34.8 Å². The van der Waals surface area contributed by atoms with Crippen molar-refractivity contribution >= 4 is 39.9 Å². The summed E-state index contributed by atoms with van der Waals surface area (Å²) < 4.78 is 5.95. The van der Waals surface area contributed by atoms with Gasteiger partial charge in [0.1, 0.15) is 5.60 Å². The number of ether oxygens (including phenoxy) is 1. The predicted molar refractivity (Wildman–Crippen MR) is 103 cm³/mol. The Balaban J connectivity index is 2.18. The number of hydrogen-bond donors (Lipinski definition) is 3. The van der Waals surface area contributed by atoms with Crippen LogP contribution in [0.25, 0.3) is 6.08 Å². The molecule has 0 bridgehead atoms. The zero-order valence-corrected chi connectivity index (χ0v) is 16.7. The van der Waals surface area contributed by atoms with Crippen molar-refractivity contribution in [3.63, 3.8) is 0 Å². The van der Waals surface area contributed by atoms with E-state index in [9.17, 15) is 14.4 Å². The molecule has 0 aliphatic rings. The van der Waals surface area contributed by atoms with Gasteiger partial charge in [-0.25, -0.2) is 4.79 Å². The molecule has 0 aromatic heterocycles. The van der Waals surface area contributed by atoms with Crippen molar-refractivity contribution in [2.24, 2.45) is 0 Å². The molecule has 1 rings (SSSR count). The van der Waals surface area contributed by atoms with Gasteiger partial charge in [0.25, 0.3) is 0 Å². The van der Waals surface area contributed by atoms with Crippen molar-refractivity contribution in [2.75, 3.05) is 19.6 Å². The maximum absolute atomic E-state index is 11.7. The molecule has 0 aliphatic heterocycles. The first-order valence-electron chi connectivity index (χ1n) is 8.11. The van der Waals surface area contributed by atoms with Gasteiger partial charge in [-0.05, 0) is 44.5 Å². The van der Waals surface area contributed by atoms with Crippen molar-refractivity contribution in [1.29, 1.82) is 0 Å². The number of hydrogen-bond acceptors (Lipinski definition) is 4. The maximum Gasteiger partial charge on any atom is 0.408 e. The molecule has 0 fully saturated rings. The van der Waals surface area contributed by atoms with Gasteiger partial charge in [-0.2, -0.15) is 0 Å². The second-order valence-corrected chi connectivity index (χ2v) is 7.30. The minimum absolute atomic E-state index is 0.189. The van der Waals surface area contributed by atoms with Crippen molar-refractivity contribution in [2.45, 2.75) is 26.4 Å². The Kier molecular flexibility index (Phi) is 8.84. The van der Waals surface area contributed by atoms with Crippen LogP contribution in [0.2, 0.25) is 0 Å². The highest BCUT2D eigenvalue weighted by Crippen LogP contribution is 2.12. The van der Waals surface area contributed by atoms with E-state index in [2.05, 4.69) is 31.9 Å². The molecular weight excluding hydrogens is 402 g/mol. The van der Waals surface area contributed by atoms with E-state index in [-0.39, 0.29) is 31.4 Å². The lowest BCUT2D eigenvalue weighted by molar-refractivity contribution is -0.120. The van der Waals surface area contributed by atoms with Gasteiger partial charge in [0.05, 0.1) is 6.54 Å². The maximum atomic E-state index is 11.7. The SMILES string of the molecule is CC(C)(C)OC(=O)NCC(=O)NCCNC(=O)/C=C/c1cccc(Br)c1. The van der Waals surface area contributed by atoms with Gasteiger partial charge in [-0.1, -0.05) is 28.1 Å². The Morgan fingerprint density at radius 2 is 1.81 bits per heavy atom. The topological polar surface area (TPSA) is 96.5 Å². The van der Waals surface area contributed by atoms with Crippen LogP contribution in [0.3, 0.4) is 0 Å². The van der Waals surface area contributed by atoms with Gasteiger partial charge in [-0.3, -0.25) is 9.59 Å². The average Bonchev–Trinajstić information content (AvgIpc) is 2.53. The van der Waals surface area contributed by atoms with E-state index in [1.54, 1.807) is 26.8 Å². The van der Waals surface area contributed by atoms with E-state index in [1.807, 2.05) is 24.3 Å². The monoisotopic (exact) mass is 425 g/mol. The first kappa shape index (κ1) is 21.7. The molecule has 0 heterocycles. The van der Waals surface area contributed by atoms with Crippen LogP contribution in [0, 0.1) is 0 Å². The molecule has 0 saturated carbocycles. The Hall–Kier alpha value is -2.35. The molecule has 0 radical (unpaired) electrons. The summed E-state index contributed by atoms with van der Waals surface area (Å²) in [5.41, 5.74) is 0.282. The second-order valence-electron chi connectivity index (χ2n) is 6.38. The lowest BCUT2D eigenvalue weighted by Gasteiger charge is -2.19. The lowest BCUT2D eigenvalue weighted by Crippen LogP contribution is -2.41. The van der Waals surface area contributed by atoms with E-state index in [1.165, 1.54) is 6.08 Å². The normalized spacial score (nSPS) is 11.1. The first-order chi connectivity index (χ1) is 12.2. The lowest BCUT2D eigenvalue weighted by atomic mass is 10.2. The number of carbonyl (C=O) groups is 3. The Morgan fingerprint density at radius 1 is 1.12 bits per heavy atom. The summed E-state index contributed by atoms with van der Waals surface area (Å²) in [7, 11) is 0. The molecule has 0 atom stereocenters. The number of rotatable bonds is 7. The second kappa shape index (κ2) is 10.6. The van der Waals surface area contributed by atoms with Crippen LogP contribution in [0.4, 0.5) is 4.79 Å². The molecule has 0 saturated heterocycles. The standard InChI is InChI=1S/C18H24BrN3O4/c1-18(2,3)26-17(25)22-12-16(24)21-10-9-20-15(23)8-7-13-5-4-6-14(19)11-13/h4-8,11H,9-10,12H2,1-3H3,(H,20,23)(H,21,24)(H,22,25)/b8-7+. The fourth-order valence-electron chi connectivity index (χ4n) is 1.76. The van der Waals surface area contributed by atoms with E-state index >= 15 is 0 Å². The van der Waals surface area contributed by atoms with Gasteiger partial charge < -0.3 is 20.7 Å². The zero-order valence-electron chi connectivity index (χ0n) is 15.1. The van der Waals surface area contributed by atoms with Gasteiger partial charge in [0.15, 0.2) is 0 Å². The van der Waals surface area contributed by atoms with Crippen LogP contribution in [0.1, 0.15) is 26.3 Å². The number of benzene rings is 1. The molecule has 0 spiro atoms. The van der Waals surface area contributed by atoms with Crippen molar-refractivity contribution in [1.82, 2.24) is 16.0 Å². The number of amides is 3. The minimum Gasteiger partial charge on any atom is -0.444 e. The Bertz CT molecular complexity index is 669. The highest BCUT2D eigenvalue weighted by atomic mass is 79.9. The van der Waals surface area contributed by atoms with Gasteiger partial charge in [0.2, 0.25) is 11.8 Å². The quantitative estimate of drug-likeness (QED) is 0.460. The minimum atomic E-state index is -0.654. The molecule has 0 unspecified atom stereocenters. The largest absolute Gasteiger partial charge is 0.444 e. The molecule has 142 valence electrons. The van der Waals surface area contributed by atoms with E-state index < -0.39 is 11.7 Å². The van der Waals surface area contributed by atoms with Crippen molar-refractivity contribution < 1.29 is 19.1 Å². The molecule has 7 nitrogen and oxygen atoms in total. The number of nitrogens with one attached hydrogen (secondary N) is 3. The smallest absolute Gasteiger partial charge is 0.408 e. The number of alkyl carbamates (subject to hydrolysis) is 1.